The zero-order chi connectivity index (χ0) is 14.4. The van der Waals surface area contributed by atoms with E-state index in [1.54, 1.807) is 13.3 Å². The van der Waals surface area contributed by atoms with Crippen molar-refractivity contribution < 1.29 is 4.74 Å². The highest BCUT2D eigenvalue weighted by molar-refractivity contribution is 5.69. The summed E-state index contributed by atoms with van der Waals surface area (Å²) in [5, 5.41) is 11.3. The summed E-state index contributed by atoms with van der Waals surface area (Å²) in [5.74, 6) is 1.32. The molecule has 0 fully saturated rings. The standard InChI is InChI=1S/C13H20N6O/c1-4-6-14-13-12(20-3)11(15-9-16-13)10-8-17-18-19(10)7-5-2/h8-9H,4-7H2,1-3H3,(H,14,15,16). The predicted molar refractivity (Wildman–Crippen MR) is 76.7 cm³/mol. The molecule has 0 radical (unpaired) electrons. The Balaban J connectivity index is 2.42. The van der Waals surface area contributed by atoms with E-state index in [2.05, 4.69) is 39.4 Å². The minimum absolute atomic E-state index is 0.626. The van der Waals surface area contributed by atoms with Gasteiger partial charge in [0.25, 0.3) is 0 Å². The van der Waals surface area contributed by atoms with Crippen LogP contribution in [0, 0.1) is 0 Å². The number of rotatable bonds is 7. The summed E-state index contributed by atoms with van der Waals surface area (Å²) in [6.45, 7) is 5.82. The van der Waals surface area contributed by atoms with Crippen molar-refractivity contribution in [3.63, 3.8) is 0 Å². The lowest BCUT2D eigenvalue weighted by molar-refractivity contribution is 0.414. The smallest absolute Gasteiger partial charge is 0.189 e. The highest BCUT2D eigenvalue weighted by Crippen LogP contribution is 2.32. The van der Waals surface area contributed by atoms with Crippen molar-refractivity contribution >= 4 is 5.82 Å². The monoisotopic (exact) mass is 276 g/mol. The second kappa shape index (κ2) is 6.83. The first-order chi connectivity index (χ1) is 9.81. The molecule has 0 spiro atoms. The number of hydrogen-bond acceptors (Lipinski definition) is 6. The molecule has 0 aliphatic rings. The Hall–Kier alpha value is -2.18. The van der Waals surface area contributed by atoms with E-state index in [1.807, 2.05) is 4.68 Å². The lowest BCUT2D eigenvalue weighted by Crippen LogP contribution is -2.08. The van der Waals surface area contributed by atoms with Gasteiger partial charge >= 0.3 is 0 Å². The summed E-state index contributed by atoms with van der Waals surface area (Å²) < 4.78 is 7.30. The molecule has 2 aromatic heterocycles. The maximum atomic E-state index is 5.47. The van der Waals surface area contributed by atoms with E-state index < -0.39 is 0 Å². The predicted octanol–water partition coefficient (Wildman–Crippen LogP) is 1.98. The Labute approximate surface area is 118 Å². The number of ether oxygens (including phenoxy) is 1. The minimum Gasteiger partial charge on any atom is -0.491 e. The van der Waals surface area contributed by atoms with Gasteiger partial charge in [-0.15, -0.1) is 5.10 Å². The summed E-state index contributed by atoms with van der Waals surface area (Å²) in [6.07, 6.45) is 5.21. The molecule has 0 saturated carbocycles. The van der Waals surface area contributed by atoms with Crippen LogP contribution in [0.1, 0.15) is 26.7 Å². The van der Waals surface area contributed by atoms with E-state index in [4.69, 9.17) is 4.74 Å². The largest absolute Gasteiger partial charge is 0.491 e. The Kier molecular flexibility index (Phi) is 4.86. The molecule has 0 saturated heterocycles. The number of anilines is 1. The first-order valence-corrected chi connectivity index (χ1v) is 6.83. The summed E-state index contributed by atoms with van der Waals surface area (Å²) in [7, 11) is 1.62. The first-order valence-electron chi connectivity index (χ1n) is 6.83. The van der Waals surface area contributed by atoms with Crippen LogP contribution in [0.25, 0.3) is 11.4 Å². The van der Waals surface area contributed by atoms with Gasteiger partial charge in [0.15, 0.2) is 11.6 Å². The summed E-state index contributed by atoms with van der Waals surface area (Å²) in [5.41, 5.74) is 1.55. The van der Waals surface area contributed by atoms with Crippen LogP contribution in [0.5, 0.6) is 5.75 Å². The summed E-state index contributed by atoms with van der Waals surface area (Å²) in [6, 6.07) is 0. The Morgan fingerprint density at radius 3 is 2.80 bits per heavy atom. The molecule has 0 aliphatic heterocycles. The molecule has 108 valence electrons. The van der Waals surface area contributed by atoms with Crippen molar-refractivity contribution in [3.8, 4) is 17.1 Å². The average molecular weight is 276 g/mol. The molecule has 0 amide bonds. The van der Waals surface area contributed by atoms with Crippen LogP contribution in [0.4, 0.5) is 5.82 Å². The van der Waals surface area contributed by atoms with Gasteiger partial charge in [0.05, 0.1) is 13.3 Å². The molecular weight excluding hydrogens is 256 g/mol. The van der Waals surface area contributed by atoms with E-state index in [9.17, 15) is 0 Å². The third-order valence-corrected chi connectivity index (χ3v) is 2.85. The third kappa shape index (κ3) is 2.87. The molecule has 2 heterocycles. The number of methoxy groups -OCH3 is 1. The molecule has 0 aromatic carbocycles. The highest BCUT2D eigenvalue weighted by Gasteiger charge is 2.17. The van der Waals surface area contributed by atoms with Crippen molar-refractivity contribution in [1.29, 1.82) is 0 Å². The summed E-state index contributed by atoms with van der Waals surface area (Å²) in [4.78, 5) is 8.56. The van der Waals surface area contributed by atoms with Crippen LogP contribution in [0.15, 0.2) is 12.5 Å². The van der Waals surface area contributed by atoms with Crippen LogP contribution >= 0.6 is 0 Å². The number of nitrogens with one attached hydrogen (secondary N) is 1. The van der Waals surface area contributed by atoms with E-state index in [0.717, 1.165) is 31.6 Å². The molecule has 7 heteroatoms. The quantitative estimate of drug-likeness (QED) is 0.833. The Bertz CT molecular complexity index is 554. The van der Waals surface area contributed by atoms with E-state index >= 15 is 0 Å². The van der Waals surface area contributed by atoms with Crippen LogP contribution in [-0.2, 0) is 6.54 Å². The van der Waals surface area contributed by atoms with E-state index in [-0.39, 0.29) is 0 Å². The van der Waals surface area contributed by atoms with Crippen molar-refractivity contribution in [2.24, 2.45) is 0 Å². The van der Waals surface area contributed by atoms with Crippen molar-refractivity contribution in [3.05, 3.63) is 12.5 Å². The van der Waals surface area contributed by atoms with Gasteiger partial charge in [-0.05, 0) is 12.8 Å². The van der Waals surface area contributed by atoms with Crippen molar-refractivity contribution in [1.82, 2.24) is 25.0 Å². The van der Waals surface area contributed by atoms with Crippen LogP contribution < -0.4 is 10.1 Å². The molecule has 1 N–H and O–H groups in total. The Morgan fingerprint density at radius 2 is 2.10 bits per heavy atom. The van der Waals surface area contributed by atoms with Crippen LogP contribution in [0.3, 0.4) is 0 Å². The molecule has 7 nitrogen and oxygen atoms in total. The van der Waals surface area contributed by atoms with Crippen molar-refractivity contribution in [2.45, 2.75) is 33.2 Å². The number of aromatic nitrogens is 5. The van der Waals surface area contributed by atoms with Crippen molar-refractivity contribution in [2.75, 3.05) is 19.0 Å². The molecule has 0 aliphatic carbocycles. The van der Waals surface area contributed by atoms with Gasteiger partial charge in [-0.25, -0.2) is 14.6 Å². The molecule has 0 bridgehead atoms. The number of nitrogens with zero attached hydrogens (tertiary/aromatic N) is 5. The molecule has 0 atom stereocenters. The molecule has 2 aromatic rings. The Morgan fingerprint density at radius 1 is 1.25 bits per heavy atom. The van der Waals surface area contributed by atoms with Gasteiger partial charge in [0.1, 0.15) is 17.7 Å². The maximum Gasteiger partial charge on any atom is 0.189 e. The molecular formula is C13H20N6O. The first kappa shape index (κ1) is 14.2. The van der Waals surface area contributed by atoms with Gasteiger partial charge in [-0.2, -0.15) is 0 Å². The van der Waals surface area contributed by atoms with Gasteiger partial charge in [-0.1, -0.05) is 19.1 Å². The maximum absolute atomic E-state index is 5.47. The highest BCUT2D eigenvalue weighted by atomic mass is 16.5. The second-order valence-electron chi connectivity index (χ2n) is 4.37. The van der Waals surface area contributed by atoms with Crippen LogP contribution in [-0.4, -0.2) is 38.6 Å². The minimum atomic E-state index is 0.626. The molecule has 20 heavy (non-hydrogen) atoms. The fraction of sp³-hybridized carbons (Fsp3) is 0.538. The lowest BCUT2D eigenvalue weighted by atomic mass is 10.2. The topological polar surface area (TPSA) is 77.8 Å². The van der Waals surface area contributed by atoms with Gasteiger partial charge < -0.3 is 10.1 Å². The fourth-order valence-electron chi connectivity index (χ4n) is 1.94. The number of aryl methyl sites for hydroxylation is 1. The average Bonchev–Trinajstić information content (AvgIpc) is 2.93. The molecule has 0 unspecified atom stereocenters. The van der Waals surface area contributed by atoms with Gasteiger partial charge in [0, 0.05) is 13.1 Å². The van der Waals surface area contributed by atoms with E-state index in [1.165, 1.54) is 6.33 Å². The second-order valence-corrected chi connectivity index (χ2v) is 4.37. The lowest BCUT2D eigenvalue weighted by Gasteiger charge is -2.13. The number of hydrogen-bond donors (Lipinski definition) is 1. The van der Waals surface area contributed by atoms with E-state index in [0.29, 0.717) is 17.3 Å². The van der Waals surface area contributed by atoms with Gasteiger partial charge in [-0.3, -0.25) is 0 Å². The van der Waals surface area contributed by atoms with Crippen LogP contribution in [0.2, 0.25) is 0 Å². The SMILES string of the molecule is CCCNc1ncnc(-c2cnnn2CCC)c1OC. The molecule has 2 rings (SSSR count). The normalized spacial score (nSPS) is 10.6. The zero-order valence-electron chi connectivity index (χ0n) is 12.1. The fourth-order valence-corrected chi connectivity index (χ4v) is 1.94. The summed E-state index contributed by atoms with van der Waals surface area (Å²) >= 11 is 0. The zero-order valence-corrected chi connectivity index (χ0v) is 12.1. The third-order valence-electron chi connectivity index (χ3n) is 2.85. The van der Waals surface area contributed by atoms with Gasteiger partial charge in [0.2, 0.25) is 0 Å².